The van der Waals surface area contributed by atoms with E-state index in [2.05, 4.69) is 10.0 Å². The van der Waals surface area contributed by atoms with E-state index in [-0.39, 0.29) is 29.0 Å². The van der Waals surface area contributed by atoms with E-state index < -0.39 is 10.0 Å². The molecule has 1 fully saturated rings. The number of carbonyl (C=O) groups excluding carboxylic acids is 2. The van der Waals surface area contributed by atoms with Crippen LogP contribution in [0.5, 0.6) is 0 Å². The van der Waals surface area contributed by atoms with Gasteiger partial charge in [-0.15, -0.1) is 11.3 Å². The van der Waals surface area contributed by atoms with E-state index in [1.54, 1.807) is 34.5 Å². The van der Waals surface area contributed by atoms with E-state index >= 15 is 0 Å². The topological polar surface area (TPSA) is 95.6 Å². The maximum Gasteiger partial charge on any atom is 0.250 e. The van der Waals surface area contributed by atoms with Crippen LogP contribution in [0, 0.1) is 0 Å². The van der Waals surface area contributed by atoms with Gasteiger partial charge >= 0.3 is 0 Å². The van der Waals surface area contributed by atoms with Gasteiger partial charge in [-0.1, -0.05) is 17.7 Å². The summed E-state index contributed by atoms with van der Waals surface area (Å²) >= 11 is 7.35. The molecule has 2 N–H and O–H groups in total. The van der Waals surface area contributed by atoms with Crippen molar-refractivity contribution in [3.8, 4) is 0 Å². The Hall–Kier alpha value is -1.94. The number of rotatable bonds is 7. The summed E-state index contributed by atoms with van der Waals surface area (Å²) in [6.45, 7) is 0.620. The Morgan fingerprint density at radius 2 is 2.11 bits per heavy atom. The Bertz CT molecular complexity index is 945. The number of nitrogens with zero attached hydrogens (tertiary/aromatic N) is 1. The molecule has 10 heteroatoms. The molecule has 0 unspecified atom stereocenters. The lowest BCUT2D eigenvalue weighted by atomic mass is 10.2. The minimum Gasteiger partial charge on any atom is -0.326 e. The van der Waals surface area contributed by atoms with Crippen LogP contribution in [0.15, 0.2) is 39.9 Å². The lowest BCUT2D eigenvalue weighted by Crippen LogP contribution is -2.27. The molecule has 0 bridgehead atoms. The minimum absolute atomic E-state index is 0.0137. The summed E-state index contributed by atoms with van der Waals surface area (Å²) < 4.78 is 26.6. The van der Waals surface area contributed by atoms with Gasteiger partial charge in [-0.25, -0.2) is 13.1 Å². The van der Waals surface area contributed by atoms with Gasteiger partial charge in [-0.05, 0) is 36.1 Å². The van der Waals surface area contributed by atoms with Crippen LogP contribution in [0.4, 0.5) is 11.4 Å². The lowest BCUT2D eigenvalue weighted by Gasteiger charge is -2.18. The van der Waals surface area contributed by atoms with Crippen molar-refractivity contribution in [1.82, 2.24) is 4.72 Å². The fourth-order valence-electron chi connectivity index (χ4n) is 2.72. The van der Waals surface area contributed by atoms with Crippen molar-refractivity contribution in [3.05, 3.63) is 40.7 Å². The third kappa shape index (κ3) is 4.86. The van der Waals surface area contributed by atoms with Gasteiger partial charge in [0.1, 0.15) is 4.21 Å². The quantitative estimate of drug-likeness (QED) is 0.710. The molecule has 1 aliphatic rings. The van der Waals surface area contributed by atoms with Crippen LogP contribution in [0.25, 0.3) is 0 Å². The van der Waals surface area contributed by atoms with E-state index in [1.165, 1.54) is 6.07 Å². The average Bonchev–Trinajstić information content (AvgIpc) is 3.27. The van der Waals surface area contributed by atoms with Gasteiger partial charge in [0.05, 0.1) is 10.7 Å². The smallest absolute Gasteiger partial charge is 0.250 e. The van der Waals surface area contributed by atoms with Crippen molar-refractivity contribution in [2.45, 2.75) is 23.5 Å². The second-order valence-electron chi connectivity index (χ2n) is 5.94. The largest absolute Gasteiger partial charge is 0.326 e. The van der Waals surface area contributed by atoms with E-state index in [4.69, 9.17) is 11.6 Å². The van der Waals surface area contributed by atoms with Gasteiger partial charge < -0.3 is 10.2 Å². The van der Waals surface area contributed by atoms with Crippen LogP contribution in [0.3, 0.4) is 0 Å². The van der Waals surface area contributed by atoms with Gasteiger partial charge in [0.2, 0.25) is 21.8 Å². The summed E-state index contributed by atoms with van der Waals surface area (Å²) in [5, 5.41) is 4.72. The van der Waals surface area contributed by atoms with Crippen molar-refractivity contribution in [3.63, 3.8) is 0 Å². The Balaban J connectivity index is 1.53. The van der Waals surface area contributed by atoms with E-state index in [9.17, 15) is 18.0 Å². The highest BCUT2D eigenvalue weighted by molar-refractivity contribution is 7.91. The number of carbonyl (C=O) groups is 2. The number of hydrogen-bond donors (Lipinski definition) is 2. The van der Waals surface area contributed by atoms with Crippen molar-refractivity contribution in [2.75, 3.05) is 23.3 Å². The lowest BCUT2D eigenvalue weighted by molar-refractivity contribution is -0.117. The van der Waals surface area contributed by atoms with Crippen LogP contribution >= 0.6 is 22.9 Å². The molecule has 2 amide bonds. The van der Waals surface area contributed by atoms with Crippen LogP contribution in [-0.4, -0.2) is 33.3 Å². The predicted molar refractivity (Wildman–Crippen MR) is 106 cm³/mol. The van der Waals surface area contributed by atoms with Crippen LogP contribution < -0.4 is 14.9 Å². The first-order valence-electron chi connectivity index (χ1n) is 8.30. The molecule has 0 aliphatic carbocycles. The summed E-state index contributed by atoms with van der Waals surface area (Å²) in [5.41, 5.74) is 1.11. The summed E-state index contributed by atoms with van der Waals surface area (Å²) in [6.07, 6.45) is 1.29. The molecular formula is C17H18ClN3O4S2. The molecule has 2 aromatic rings. The molecule has 27 heavy (non-hydrogen) atoms. The van der Waals surface area contributed by atoms with Crippen molar-refractivity contribution >= 4 is 56.2 Å². The molecule has 0 spiro atoms. The number of benzene rings is 1. The first kappa shape index (κ1) is 19.8. The highest BCUT2D eigenvalue weighted by Crippen LogP contribution is 2.31. The van der Waals surface area contributed by atoms with E-state index in [1.807, 2.05) is 0 Å². The van der Waals surface area contributed by atoms with Gasteiger partial charge in [0, 0.05) is 31.6 Å². The third-order valence-electron chi connectivity index (χ3n) is 4.00. The number of halogens is 1. The number of hydrogen-bond acceptors (Lipinski definition) is 5. The molecular weight excluding hydrogens is 410 g/mol. The molecule has 1 saturated heterocycles. The minimum atomic E-state index is -3.58. The molecule has 0 radical (unpaired) electrons. The Morgan fingerprint density at radius 1 is 1.30 bits per heavy atom. The molecule has 2 heterocycles. The second-order valence-corrected chi connectivity index (χ2v) is 9.29. The third-order valence-corrected chi connectivity index (χ3v) is 7.16. The summed E-state index contributed by atoms with van der Waals surface area (Å²) in [4.78, 5) is 25.5. The monoisotopic (exact) mass is 427 g/mol. The molecule has 3 rings (SSSR count). The molecule has 7 nitrogen and oxygen atoms in total. The van der Waals surface area contributed by atoms with Crippen molar-refractivity contribution in [2.24, 2.45) is 0 Å². The highest BCUT2D eigenvalue weighted by Gasteiger charge is 2.23. The second kappa shape index (κ2) is 8.39. The Kier molecular flexibility index (Phi) is 6.15. The van der Waals surface area contributed by atoms with Crippen molar-refractivity contribution < 1.29 is 18.0 Å². The summed E-state index contributed by atoms with van der Waals surface area (Å²) in [5.74, 6) is -0.309. The van der Waals surface area contributed by atoms with Crippen molar-refractivity contribution in [1.29, 1.82) is 0 Å². The maximum atomic E-state index is 12.0. The predicted octanol–water partition coefficient (Wildman–Crippen LogP) is 2.84. The molecule has 1 aromatic carbocycles. The summed E-state index contributed by atoms with van der Waals surface area (Å²) in [7, 11) is -3.58. The summed E-state index contributed by atoms with van der Waals surface area (Å²) in [6, 6.07) is 8.09. The van der Waals surface area contributed by atoms with E-state index in [0.29, 0.717) is 29.4 Å². The molecule has 1 aromatic heterocycles. The Labute approximate surface area is 166 Å². The number of thiophene rings is 1. The van der Waals surface area contributed by atoms with Gasteiger partial charge in [-0.3, -0.25) is 9.59 Å². The fourth-order valence-corrected chi connectivity index (χ4v) is 5.07. The van der Waals surface area contributed by atoms with Gasteiger partial charge in [-0.2, -0.15) is 0 Å². The zero-order valence-corrected chi connectivity index (χ0v) is 16.7. The SMILES string of the molecule is O=C(CCNS(=O)(=O)c1cccs1)Nc1ccc(N2CCCC2=O)c(Cl)c1. The normalized spacial score (nSPS) is 14.6. The number of anilines is 2. The highest BCUT2D eigenvalue weighted by atomic mass is 35.5. The molecule has 144 valence electrons. The molecule has 1 aliphatic heterocycles. The average molecular weight is 428 g/mol. The first-order chi connectivity index (χ1) is 12.9. The van der Waals surface area contributed by atoms with Gasteiger partial charge in [0.25, 0.3) is 0 Å². The van der Waals surface area contributed by atoms with Crippen LogP contribution in [0.1, 0.15) is 19.3 Å². The van der Waals surface area contributed by atoms with Crippen LogP contribution in [0.2, 0.25) is 5.02 Å². The fraction of sp³-hybridized carbons (Fsp3) is 0.294. The number of amides is 2. The van der Waals surface area contributed by atoms with Crippen LogP contribution in [-0.2, 0) is 19.6 Å². The maximum absolute atomic E-state index is 12.0. The zero-order chi connectivity index (χ0) is 19.4. The zero-order valence-electron chi connectivity index (χ0n) is 14.3. The molecule has 0 saturated carbocycles. The molecule has 0 atom stereocenters. The number of nitrogens with one attached hydrogen (secondary N) is 2. The standard InChI is InChI=1S/C17H18ClN3O4S2/c18-13-11-12(5-6-14(13)21-9-1-3-16(21)23)20-15(22)7-8-19-27(24,25)17-4-2-10-26-17/h2,4-6,10-11,19H,1,3,7-9H2,(H,20,22). The first-order valence-corrected chi connectivity index (χ1v) is 11.0. The van der Waals surface area contributed by atoms with Gasteiger partial charge in [0.15, 0.2) is 0 Å². The Morgan fingerprint density at radius 3 is 2.74 bits per heavy atom. The van der Waals surface area contributed by atoms with E-state index in [0.717, 1.165) is 17.8 Å². The number of sulfonamides is 1.